The normalized spacial score (nSPS) is 11.7. The van der Waals surface area contributed by atoms with Gasteiger partial charge in [-0.1, -0.05) is 28.9 Å². The predicted molar refractivity (Wildman–Crippen MR) is 90.1 cm³/mol. The Morgan fingerprint density at radius 1 is 1.08 bits per heavy atom. The van der Waals surface area contributed by atoms with Gasteiger partial charge in [-0.2, -0.15) is 0 Å². The quantitative estimate of drug-likeness (QED) is 0.660. The molecule has 3 rings (SSSR count). The van der Waals surface area contributed by atoms with Crippen molar-refractivity contribution in [3.05, 3.63) is 58.8 Å². The Kier molecular flexibility index (Phi) is 4.38. The fourth-order valence-corrected chi connectivity index (χ4v) is 3.62. The van der Waals surface area contributed by atoms with E-state index in [0.29, 0.717) is 27.6 Å². The monoisotopic (exact) mass is 383 g/mol. The van der Waals surface area contributed by atoms with Crippen molar-refractivity contribution < 1.29 is 21.7 Å². The van der Waals surface area contributed by atoms with Crippen LogP contribution in [0.5, 0.6) is 0 Å². The zero-order valence-corrected chi connectivity index (χ0v) is 14.8. The molecule has 0 saturated heterocycles. The highest BCUT2D eigenvalue weighted by molar-refractivity contribution is 7.90. The molecule has 3 aromatic rings. The second-order valence-electron chi connectivity index (χ2n) is 5.51. The summed E-state index contributed by atoms with van der Waals surface area (Å²) in [7, 11) is -4.03. The van der Waals surface area contributed by atoms with E-state index in [9.17, 15) is 17.2 Å². The van der Waals surface area contributed by atoms with E-state index in [1.807, 2.05) is 0 Å². The topological polar surface area (TPSA) is 60.2 Å². The number of aromatic nitrogens is 1. The Morgan fingerprint density at radius 2 is 1.72 bits per heavy atom. The lowest BCUT2D eigenvalue weighted by Crippen LogP contribution is -2.05. The lowest BCUT2D eigenvalue weighted by molar-refractivity contribution is 0.400. The van der Waals surface area contributed by atoms with Gasteiger partial charge in [0, 0.05) is 16.8 Å². The van der Waals surface area contributed by atoms with Gasteiger partial charge in [0.1, 0.15) is 28.0 Å². The van der Waals surface area contributed by atoms with Crippen molar-refractivity contribution in [2.24, 2.45) is 0 Å². The summed E-state index contributed by atoms with van der Waals surface area (Å²) >= 11 is 5.98. The molecule has 1 aromatic heterocycles. The number of aryl methyl sites for hydroxylation is 1. The molecule has 0 fully saturated rings. The Morgan fingerprint density at radius 3 is 2.28 bits per heavy atom. The highest BCUT2D eigenvalue weighted by atomic mass is 35.5. The summed E-state index contributed by atoms with van der Waals surface area (Å²) < 4.78 is 56.7. The van der Waals surface area contributed by atoms with Crippen LogP contribution >= 0.6 is 11.6 Å². The van der Waals surface area contributed by atoms with Crippen molar-refractivity contribution in [3.8, 4) is 22.4 Å². The first-order valence-corrected chi connectivity index (χ1v) is 9.37. The van der Waals surface area contributed by atoms with Crippen molar-refractivity contribution in [1.29, 1.82) is 0 Å². The number of sulfone groups is 1. The maximum Gasteiger partial charge on any atom is 0.181 e. The van der Waals surface area contributed by atoms with Crippen LogP contribution in [0.25, 0.3) is 22.4 Å². The number of benzene rings is 2. The third-order valence-electron chi connectivity index (χ3n) is 3.62. The molecule has 0 unspecified atom stereocenters. The number of nitrogens with zero attached hydrogens (tertiary/aromatic N) is 1. The zero-order valence-electron chi connectivity index (χ0n) is 13.2. The van der Waals surface area contributed by atoms with Crippen molar-refractivity contribution in [2.45, 2.75) is 11.8 Å². The highest BCUT2D eigenvalue weighted by Gasteiger charge is 2.24. The minimum atomic E-state index is -4.03. The van der Waals surface area contributed by atoms with Gasteiger partial charge < -0.3 is 4.52 Å². The molecule has 0 spiro atoms. The Balaban J connectivity index is 2.24. The Hall–Kier alpha value is -2.25. The standard InChI is InChI=1S/C17H12ClF2NO3S/c1-9-15(16(21-24-9)10-4-3-5-12(18)6-10)11-7-13(19)17(14(20)8-11)25(2,22)23/h3-8H,1-2H3. The summed E-state index contributed by atoms with van der Waals surface area (Å²) in [6.45, 7) is 1.59. The second-order valence-corrected chi connectivity index (χ2v) is 7.90. The molecule has 0 atom stereocenters. The molecule has 130 valence electrons. The summed E-state index contributed by atoms with van der Waals surface area (Å²) in [6, 6.07) is 8.65. The molecular weight excluding hydrogens is 372 g/mol. The maximum atomic E-state index is 14.2. The van der Waals surface area contributed by atoms with Crippen molar-refractivity contribution >= 4 is 21.4 Å². The van der Waals surface area contributed by atoms with Gasteiger partial charge in [-0.25, -0.2) is 17.2 Å². The summed E-state index contributed by atoms with van der Waals surface area (Å²) in [6.07, 6.45) is 0.746. The zero-order chi connectivity index (χ0) is 18.4. The molecule has 0 aliphatic rings. The van der Waals surface area contributed by atoms with Gasteiger partial charge in [-0.05, 0) is 36.8 Å². The molecule has 0 saturated carbocycles. The van der Waals surface area contributed by atoms with Crippen LogP contribution in [0.3, 0.4) is 0 Å². The van der Waals surface area contributed by atoms with Gasteiger partial charge >= 0.3 is 0 Å². The fraction of sp³-hybridized carbons (Fsp3) is 0.118. The van der Waals surface area contributed by atoms with Gasteiger partial charge in [0.15, 0.2) is 9.84 Å². The van der Waals surface area contributed by atoms with Crippen molar-refractivity contribution in [2.75, 3.05) is 6.26 Å². The molecular formula is C17H12ClF2NO3S. The molecule has 8 heteroatoms. The van der Waals surface area contributed by atoms with Crippen LogP contribution in [0, 0.1) is 18.6 Å². The molecule has 2 aromatic carbocycles. The van der Waals surface area contributed by atoms with Gasteiger partial charge in [-0.15, -0.1) is 0 Å². The van der Waals surface area contributed by atoms with Gasteiger partial charge in [0.05, 0.1) is 5.56 Å². The lowest BCUT2D eigenvalue weighted by atomic mass is 9.99. The Labute approximate surface area is 148 Å². The van der Waals surface area contributed by atoms with E-state index in [1.54, 1.807) is 31.2 Å². The molecule has 0 aliphatic carbocycles. The lowest BCUT2D eigenvalue weighted by Gasteiger charge is -2.08. The first kappa shape index (κ1) is 17.6. The summed E-state index contributed by atoms with van der Waals surface area (Å²) in [4.78, 5) is -0.963. The third kappa shape index (κ3) is 3.29. The average Bonchev–Trinajstić information content (AvgIpc) is 2.86. The number of hydrogen-bond donors (Lipinski definition) is 0. The number of hydrogen-bond acceptors (Lipinski definition) is 4. The minimum Gasteiger partial charge on any atom is -0.360 e. The van der Waals surface area contributed by atoms with Crippen LogP contribution in [0.4, 0.5) is 8.78 Å². The molecule has 0 radical (unpaired) electrons. The molecule has 4 nitrogen and oxygen atoms in total. The molecule has 25 heavy (non-hydrogen) atoms. The fourth-order valence-electron chi connectivity index (χ4n) is 2.60. The van der Waals surface area contributed by atoms with Crippen LogP contribution < -0.4 is 0 Å². The van der Waals surface area contributed by atoms with Crippen LogP contribution in [0.2, 0.25) is 5.02 Å². The number of halogens is 3. The molecule has 1 heterocycles. The highest BCUT2D eigenvalue weighted by Crippen LogP contribution is 2.36. The second kappa shape index (κ2) is 6.24. The smallest absolute Gasteiger partial charge is 0.181 e. The molecule has 0 aliphatic heterocycles. The Bertz CT molecular complexity index is 1050. The average molecular weight is 384 g/mol. The summed E-state index contributed by atoms with van der Waals surface area (Å²) in [5, 5.41) is 4.40. The summed E-state index contributed by atoms with van der Waals surface area (Å²) in [5.41, 5.74) is 1.44. The summed E-state index contributed by atoms with van der Waals surface area (Å²) in [5.74, 6) is -2.01. The van der Waals surface area contributed by atoms with Crippen molar-refractivity contribution in [3.63, 3.8) is 0 Å². The largest absolute Gasteiger partial charge is 0.360 e. The van der Waals surface area contributed by atoms with E-state index in [-0.39, 0.29) is 5.56 Å². The SMILES string of the molecule is Cc1onc(-c2cccc(Cl)c2)c1-c1cc(F)c(S(C)(=O)=O)c(F)c1. The predicted octanol–water partition coefficient (Wildman–Crippen LogP) is 4.65. The van der Waals surface area contributed by atoms with E-state index >= 15 is 0 Å². The molecule has 0 amide bonds. The van der Waals surface area contributed by atoms with Gasteiger partial charge in [0.25, 0.3) is 0 Å². The van der Waals surface area contributed by atoms with E-state index < -0.39 is 26.4 Å². The number of rotatable bonds is 3. The van der Waals surface area contributed by atoms with E-state index in [2.05, 4.69) is 5.16 Å². The maximum absolute atomic E-state index is 14.2. The minimum absolute atomic E-state index is 0.121. The van der Waals surface area contributed by atoms with Crippen LogP contribution in [0.1, 0.15) is 5.76 Å². The van der Waals surface area contributed by atoms with E-state index in [0.717, 1.165) is 18.4 Å². The van der Waals surface area contributed by atoms with Crippen molar-refractivity contribution in [1.82, 2.24) is 5.16 Å². The molecule has 0 bridgehead atoms. The van der Waals surface area contributed by atoms with E-state index in [1.165, 1.54) is 0 Å². The van der Waals surface area contributed by atoms with Crippen LogP contribution in [0.15, 0.2) is 45.8 Å². The first-order chi connectivity index (χ1) is 11.7. The first-order valence-electron chi connectivity index (χ1n) is 7.10. The van der Waals surface area contributed by atoms with E-state index in [4.69, 9.17) is 16.1 Å². The van der Waals surface area contributed by atoms with Gasteiger partial charge in [0.2, 0.25) is 0 Å². The van der Waals surface area contributed by atoms with Crippen LogP contribution in [-0.4, -0.2) is 19.8 Å². The van der Waals surface area contributed by atoms with Crippen LogP contribution in [-0.2, 0) is 9.84 Å². The van der Waals surface area contributed by atoms with Gasteiger partial charge in [-0.3, -0.25) is 0 Å². The molecule has 0 N–H and O–H groups in total. The third-order valence-corrected chi connectivity index (χ3v) is 4.99.